The molecule has 0 bridgehead atoms. The summed E-state index contributed by atoms with van der Waals surface area (Å²) in [6, 6.07) is 2.05. The van der Waals surface area contributed by atoms with Gasteiger partial charge in [-0.3, -0.25) is 0 Å². The lowest BCUT2D eigenvalue weighted by Gasteiger charge is -2.36. The summed E-state index contributed by atoms with van der Waals surface area (Å²) < 4.78 is 5.89. The second kappa shape index (κ2) is 6.48. The smallest absolute Gasteiger partial charge is 0.410 e. The van der Waals surface area contributed by atoms with E-state index in [0.717, 1.165) is 0 Å². The minimum absolute atomic E-state index is 0.278. The molecule has 0 unspecified atom stereocenters. The minimum Gasteiger partial charge on any atom is -0.444 e. The van der Waals surface area contributed by atoms with E-state index in [2.05, 4.69) is 25.9 Å². The molecule has 22 heavy (non-hydrogen) atoms. The monoisotopic (exact) mass is 367 g/mol. The summed E-state index contributed by atoms with van der Waals surface area (Å²) in [4.78, 5) is 24.0. The van der Waals surface area contributed by atoms with Crippen LogP contribution in [0, 0.1) is 11.3 Å². The van der Waals surface area contributed by atoms with Crippen molar-refractivity contribution in [2.75, 3.05) is 31.1 Å². The van der Waals surface area contributed by atoms with E-state index in [1.165, 1.54) is 0 Å². The third-order valence-electron chi connectivity index (χ3n) is 3.06. The molecule has 1 aliphatic heterocycles. The first-order chi connectivity index (χ1) is 10.3. The number of rotatable bonds is 1. The number of anilines is 1. The number of aromatic nitrogens is 2. The highest BCUT2D eigenvalue weighted by Gasteiger charge is 2.27. The van der Waals surface area contributed by atoms with E-state index in [4.69, 9.17) is 10.00 Å². The van der Waals surface area contributed by atoms with Gasteiger partial charge in [0.2, 0.25) is 0 Å². The fourth-order valence-electron chi connectivity index (χ4n) is 2.09. The zero-order valence-electron chi connectivity index (χ0n) is 12.8. The molecule has 8 heteroatoms. The summed E-state index contributed by atoms with van der Waals surface area (Å²) in [6.45, 7) is 7.76. The predicted octanol–water partition coefficient (Wildman–Crippen LogP) is 2.17. The van der Waals surface area contributed by atoms with Crippen LogP contribution in [0.3, 0.4) is 0 Å². The van der Waals surface area contributed by atoms with Gasteiger partial charge in [0.05, 0.1) is 6.20 Å². The Hall–Kier alpha value is -1.88. The van der Waals surface area contributed by atoms with Gasteiger partial charge in [0.25, 0.3) is 0 Å². The molecule has 0 spiro atoms. The normalized spacial score (nSPS) is 15.4. The summed E-state index contributed by atoms with van der Waals surface area (Å²) >= 11 is 3.20. The number of nitrogens with zero attached hydrogens (tertiary/aromatic N) is 5. The van der Waals surface area contributed by atoms with Crippen LogP contribution in [0.2, 0.25) is 0 Å². The highest BCUT2D eigenvalue weighted by atomic mass is 79.9. The van der Waals surface area contributed by atoms with E-state index in [0.29, 0.717) is 36.6 Å². The standard InChI is InChI=1S/C14H18BrN5O2/c1-14(2,3)22-13(21)20-6-4-19(5-7-20)12-10(8-16)18-11(15)9-17-12/h9H,4-7H2,1-3H3. The summed E-state index contributed by atoms with van der Waals surface area (Å²) in [5.74, 6) is 0.550. The molecule has 1 saturated heterocycles. The molecule has 0 aliphatic carbocycles. The van der Waals surface area contributed by atoms with E-state index in [-0.39, 0.29) is 11.8 Å². The maximum Gasteiger partial charge on any atom is 0.410 e. The topological polar surface area (TPSA) is 82.3 Å². The van der Waals surface area contributed by atoms with Gasteiger partial charge in [-0.15, -0.1) is 0 Å². The molecular weight excluding hydrogens is 350 g/mol. The van der Waals surface area contributed by atoms with Crippen LogP contribution in [0.5, 0.6) is 0 Å². The Morgan fingerprint density at radius 1 is 1.36 bits per heavy atom. The van der Waals surface area contributed by atoms with Gasteiger partial charge >= 0.3 is 6.09 Å². The SMILES string of the molecule is CC(C)(C)OC(=O)N1CCN(c2ncc(Br)nc2C#N)CC1. The van der Waals surface area contributed by atoms with E-state index < -0.39 is 5.60 Å². The van der Waals surface area contributed by atoms with Crippen molar-refractivity contribution in [1.82, 2.24) is 14.9 Å². The molecule has 118 valence electrons. The third kappa shape index (κ3) is 4.07. The summed E-state index contributed by atoms with van der Waals surface area (Å²) in [5, 5.41) is 9.16. The van der Waals surface area contributed by atoms with Gasteiger partial charge < -0.3 is 14.5 Å². The molecule has 2 rings (SSSR count). The Bertz CT molecular complexity index is 600. The lowest BCUT2D eigenvalue weighted by Crippen LogP contribution is -2.50. The van der Waals surface area contributed by atoms with Crippen LogP contribution in [-0.4, -0.2) is 52.7 Å². The van der Waals surface area contributed by atoms with Crippen LogP contribution in [-0.2, 0) is 4.74 Å². The molecule has 1 aromatic rings. The zero-order chi connectivity index (χ0) is 16.3. The fourth-order valence-corrected chi connectivity index (χ4v) is 2.37. The quantitative estimate of drug-likeness (QED) is 0.756. The zero-order valence-corrected chi connectivity index (χ0v) is 14.4. The van der Waals surface area contributed by atoms with Crippen LogP contribution in [0.25, 0.3) is 0 Å². The van der Waals surface area contributed by atoms with Crippen molar-refractivity contribution in [3.63, 3.8) is 0 Å². The molecular formula is C14H18BrN5O2. The second-order valence-corrected chi connectivity index (χ2v) is 6.74. The minimum atomic E-state index is -0.501. The van der Waals surface area contributed by atoms with Crippen LogP contribution >= 0.6 is 15.9 Å². The average Bonchev–Trinajstić information content (AvgIpc) is 2.45. The Kier molecular flexibility index (Phi) is 4.86. The van der Waals surface area contributed by atoms with Crippen molar-refractivity contribution in [3.8, 4) is 6.07 Å². The van der Waals surface area contributed by atoms with Gasteiger partial charge in [-0.05, 0) is 36.7 Å². The van der Waals surface area contributed by atoms with Crippen molar-refractivity contribution in [2.45, 2.75) is 26.4 Å². The van der Waals surface area contributed by atoms with Crippen molar-refractivity contribution in [3.05, 3.63) is 16.5 Å². The van der Waals surface area contributed by atoms with E-state index >= 15 is 0 Å². The number of hydrogen-bond acceptors (Lipinski definition) is 6. The van der Waals surface area contributed by atoms with Crippen LogP contribution in [0.1, 0.15) is 26.5 Å². The molecule has 0 atom stereocenters. The van der Waals surface area contributed by atoms with E-state index in [1.807, 2.05) is 31.7 Å². The van der Waals surface area contributed by atoms with Crippen molar-refractivity contribution in [2.24, 2.45) is 0 Å². The molecule has 1 amide bonds. The largest absolute Gasteiger partial charge is 0.444 e. The molecule has 1 aliphatic rings. The molecule has 0 saturated carbocycles. The van der Waals surface area contributed by atoms with Crippen LogP contribution in [0.4, 0.5) is 10.6 Å². The van der Waals surface area contributed by atoms with Gasteiger partial charge in [-0.25, -0.2) is 14.8 Å². The number of nitriles is 1. The molecule has 7 nitrogen and oxygen atoms in total. The summed E-state index contributed by atoms with van der Waals surface area (Å²) in [7, 11) is 0. The number of carbonyl (C=O) groups is 1. The number of amides is 1. The third-order valence-corrected chi connectivity index (χ3v) is 3.44. The van der Waals surface area contributed by atoms with Gasteiger partial charge in [0.1, 0.15) is 16.3 Å². The Balaban J connectivity index is 2.01. The summed E-state index contributed by atoms with van der Waals surface area (Å²) in [6.07, 6.45) is 1.26. The maximum atomic E-state index is 12.0. The number of piperazine rings is 1. The fraction of sp³-hybridized carbons (Fsp3) is 0.571. The van der Waals surface area contributed by atoms with Gasteiger partial charge in [0.15, 0.2) is 11.5 Å². The molecule has 2 heterocycles. The molecule has 1 fully saturated rings. The highest BCUT2D eigenvalue weighted by Crippen LogP contribution is 2.20. The van der Waals surface area contributed by atoms with Gasteiger partial charge in [0, 0.05) is 26.2 Å². The molecule has 0 aromatic carbocycles. The first-order valence-corrected chi connectivity index (χ1v) is 7.75. The van der Waals surface area contributed by atoms with Crippen molar-refractivity contribution >= 4 is 27.8 Å². The first-order valence-electron chi connectivity index (χ1n) is 6.95. The Morgan fingerprint density at radius 2 is 2.00 bits per heavy atom. The van der Waals surface area contributed by atoms with Crippen LogP contribution in [0.15, 0.2) is 10.8 Å². The molecule has 1 aromatic heterocycles. The average molecular weight is 368 g/mol. The maximum absolute atomic E-state index is 12.0. The number of hydrogen-bond donors (Lipinski definition) is 0. The molecule has 0 N–H and O–H groups in total. The Morgan fingerprint density at radius 3 is 2.55 bits per heavy atom. The Labute approximate surface area is 138 Å². The highest BCUT2D eigenvalue weighted by molar-refractivity contribution is 9.10. The number of ether oxygens (including phenoxy) is 1. The first kappa shape index (κ1) is 16.5. The van der Waals surface area contributed by atoms with E-state index in [1.54, 1.807) is 11.1 Å². The molecule has 0 radical (unpaired) electrons. The lowest BCUT2D eigenvalue weighted by molar-refractivity contribution is 0.0240. The number of halogens is 1. The van der Waals surface area contributed by atoms with Crippen molar-refractivity contribution < 1.29 is 9.53 Å². The second-order valence-electron chi connectivity index (χ2n) is 5.93. The number of carbonyl (C=O) groups excluding carboxylic acids is 1. The predicted molar refractivity (Wildman–Crippen MR) is 84.5 cm³/mol. The van der Waals surface area contributed by atoms with E-state index in [9.17, 15) is 4.79 Å². The van der Waals surface area contributed by atoms with Crippen molar-refractivity contribution in [1.29, 1.82) is 5.26 Å². The van der Waals surface area contributed by atoms with Crippen LogP contribution < -0.4 is 4.90 Å². The van der Waals surface area contributed by atoms with Gasteiger partial charge in [-0.1, -0.05) is 0 Å². The summed E-state index contributed by atoms with van der Waals surface area (Å²) in [5.41, 5.74) is -0.223. The van der Waals surface area contributed by atoms with Gasteiger partial charge in [-0.2, -0.15) is 5.26 Å². The lowest BCUT2D eigenvalue weighted by atomic mass is 10.2.